The minimum absolute atomic E-state index is 0.0359. The highest BCUT2D eigenvalue weighted by Gasteiger charge is 2.36. The SMILES string of the molecule is CC.CCCNCCC(=O)Nc1sc2c(c1-c1nc3cc(-c4ccncc4)ccc3s1)CCN(C(=O)OC(C)(C)C)C2C. The Bertz CT molecular complexity index is 1540. The molecule has 0 saturated heterocycles. The Morgan fingerprint density at radius 3 is 2.51 bits per heavy atom. The fourth-order valence-electron chi connectivity index (χ4n) is 4.97. The van der Waals surface area contributed by atoms with Gasteiger partial charge in [0, 0.05) is 42.3 Å². The molecule has 1 atom stereocenters. The first-order valence-corrected chi connectivity index (χ1v) is 16.7. The normalized spacial score (nSPS) is 14.6. The number of hydrogen-bond acceptors (Lipinski definition) is 8. The molecular weight excluding hydrogens is 579 g/mol. The van der Waals surface area contributed by atoms with Crippen molar-refractivity contribution >= 4 is 49.9 Å². The Morgan fingerprint density at radius 1 is 1.07 bits per heavy atom. The first-order valence-electron chi connectivity index (χ1n) is 15.1. The Morgan fingerprint density at radius 2 is 1.81 bits per heavy atom. The molecule has 0 saturated carbocycles. The number of thiophene rings is 1. The van der Waals surface area contributed by atoms with E-state index in [4.69, 9.17) is 9.72 Å². The smallest absolute Gasteiger partial charge is 0.410 e. The van der Waals surface area contributed by atoms with E-state index in [-0.39, 0.29) is 18.0 Å². The third kappa shape index (κ3) is 7.79. The van der Waals surface area contributed by atoms with E-state index < -0.39 is 5.60 Å². The number of anilines is 1. The van der Waals surface area contributed by atoms with E-state index in [1.54, 1.807) is 40.0 Å². The average molecular weight is 622 g/mol. The summed E-state index contributed by atoms with van der Waals surface area (Å²) in [4.78, 5) is 38.1. The molecule has 10 heteroatoms. The van der Waals surface area contributed by atoms with Gasteiger partial charge >= 0.3 is 6.09 Å². The zero-order chi connectivity index (χ0) is 31.1. The van der Waals surface area contributed by atoms with E-state index in [2.05, 4.69) is 40.7 Å². The number of fused-ring (bicyclic) bond motifs is 2. The lowest BCUT2D eigenvalue weighted by atomic mass is 9.98. The Kier molecular flexibility index (Phi) is 10.9. The average Bonchev–Trinajstić information content (AvgIpc) is 3.57. The van der Waals surface area contributed by atoms with Crippen LogP contribution < -0.4 is 10.6 Å². The summed E-state index contributed by atoms with van der Waals surface area (Å²) in [7, 11) is 0. The molecule has 0 bridgehead atoms. The van der Waals surface area contributed by atoms with E-state index in [1.165, 1.54) is 0 Å². The molecule has 4 aromatic rings. The van der Waals surface area contributed by atoms with Gasteiger partial charge in [-0.3, -0.25) is 9.78 Å². The molecule has 1 aliphatic rings. The molecule has 1 unspecified atom stereocenters. The van der Waals surface area contributed by atoms with Crippen LogP contribution in [-0.2, 0) is 16.0 Å². The van der Waals surface area contributed by atoms with E-state index >= 15 is 0 Å². The number of aromatic nitrogens is 2. The Balaban J connectivity index is 0.00000207. The number of carbonyl (C=O) groups is 2. The maximum absolute atomic E-state index is 13.0. The van der Waals surface area contributed by atoms with Crippen molar-refractivity contribution in [3.63, 3.8) is 0 Å². The minimum atomic E-state index is -0.571. The molecule has 230 valence electrons. The van der Waals surface area contributed by atoms with Gasteiger partial charge in [-0.15, -0.1) is 22.7 Å². The van der Waals surface area contributed by atoms with Gasteiger partial charge in [0.1, 0.15) is 15.6 Å². The standard InChI is InChI=1S/C31H37N5O3S2.C2H6/c1-6-13-32-16-11-25(37)35-29-26(22-12-17-36(19(2)27(22)41-29)30(38)39-31(3,4)5)28-34-23-18-21(7-8-24(23)40-28)20-9-14-33-15-10-20;1-2/h7-10,14-15,18-19,32H,6,11-13,16-17H2,1-5H3,(H,35,37);1-2H3. The summed E-state index contributed by atoms with van der Waals surface area (Å²) in [5.74, 6) is -0.0359. The first kappa shape index (κ1) is 32.6. The van der Waals surface area contributed by atoms with Gasteiger partial charge in [0.15, 0.2) is 0 Å². The van der Waals surface area contributed by atoms with Crippen LogP contribution in [0.15, 0.2) is 42.7 Å². The zero-order valence-electron chi connectivity index (χ0n) is 26.2. The number of nitrogens with zero attached hydrogens (tertiary/aromatic N) is 3. The number of hydrogen-bond donors (Lipinski definition) is 2. The number of rotatable bonds is 8. The molecule has 1 aromatic carbocycles. The van der Waals surface area contributed by atoms with E-state index in [0.717, 1.165) is 60.3 Å². The molecular formula is C33H43N5O3S2. The highest BCUT2D eigenvalue weighted by atomic mass is 32.1. The van der Waals surface area contributed by atoms with Crippen molar-refractivity contribution in [2.24, 2.45) is 0 Å². The summed E-state index contributed by atoms with van der Waals surface area (Å²) in [5, 5.41) is 8.16. The molecule has 3 aromatic heterocycles. The summed E-state index contributed by atoms with van der Waals surface area (Å²) in [6, 6.07) is 10.1. The molecule has 2 amide bonds. The topological polar surface area (TPSA) is 96.5 Å². The van der Waals surface area contributed by atoms with Crippen molar-refractivity contribution in [3.8, 4) is 21.7 Å². The van der Waals surface area contributed by atoms with Crippen LogP contribution in [0.2, 0.25) is 0 Å². The fraction of sp³-hybridized carbons (Fsp3) is 0.455. The lowest BCUT2D eigenvalue weighted by molar-refractivity contribution is -0.116. The number of thiazole rings is 1. The lowest BCUT2D eigenvalue weighted by Gasteiger charge is -2.35. The summed E-state index contributed by atoms with van der Waals surface area (Å²) in [5.41, 5.74) is 4.64. The van der Waals surface area contributed by atoms with Gasteiger partial charge in [-0.25, -0.2) is 9.78 Å². The summed E-state index contributed by atoms with van der Waals surface area (Å²) >= 11 is 3.17. The summed E-state index contributed by atoms with van der Waals surface area (Å²) in [6.45, 7) is 15.8. The van der Waals surface area contributed by atoms with Gasteiger partial charge in [0.05, 0.1) is 16.3 Å². The van der Waals surface area contributed by atoms with Crippen molar-refractivity contribution in [2.75, 3.05) is 25.0 Å². The molecule has 8 nitrogen and oxygen atoms in total. The molecule has 0 fully saturated rings. The highest BCUT2D eigenvalue weighted by molar-refractivity contribution is 7.23. The van der Waals surface area contributed by atoms with Crippen molar-refractivity contribution in [1.29, 1.82) is 0 Å². The Hall–Kier alpha value is -3.34. The van der Waals surface area contributed by atoms with Crippen LogP contribution in [0.3, 0.4) is 0 Å². The maximum atomic E-state index is 13.0. The number of ether oxygens (including phenoxy) is 1. The second-order valence-corrected chi connectivity index (χ2v) is 13.3. The van der Waals surface area contributed by atoms with Crippen molar-refractivity contribution in [3.05, 3.63) is 53.2 Å². The summed E-state index contributed by atoms with van der Waals surface area (Å²) in [6.07, 6.45) is 5.33. The third-order valence-electron chi connectivity index (χ3n) is 6.94. The quantitative estimate of drug-likeness (QED) is 0.192. The highest BCUT2D eigenvalue weighted by Crippen LogP contribution is 2.49. The molecule has 2 N–H and O–H groups in total. The van der Waals surface area contributed by atoms with Crippen LogP contribution in [-0.4, -0.2) is 52.1 Å². The van der Waals surface area contributed by atoms with Gasteiger partial charge in [0.2, 0.25) is 5.91 Å². The fourth-order valence-corrected chi connectivity index (χ4v) is 7.39. The maximum Gasteiger partial charge on any atom is 0.410 e. The molecule has 43 heavy (non-hydrogen) atoms. The number of benzene rings is 1. The minimum Gasteiger partial charge on any atom is -0.444 e. The predicted octanol–water partition coefficient (Wildman–Crippen LogP) is 8.30. The van der Waals surface area contributed by atoms with E-state index in [0.29, 0.717) is 25.9 Å². The van der Waals surface area contributed by atoms with Crippen LogP contribution in [0.25, 0.3) is 31.9 Å². The molecule has 5 rings (SSSR count). The van der Waals surface area contributed by atoms with Gasteiger partial charge < -0.3 is 20.3 Å². The second kappa shape index (κ2) is 14.4. The van der Waals surface area contributed by atoms with E-state index in [9.17, 15) is 9.59 Å². The van der Waals surface area contributed by atoms with Crippen molar-refractivity contribution in [1.82, 2.24) is 20.2 Å². The van der Waals surface area contributed by atoms with Crippen LogP contribution in [0.1, 0.15) is 77.8 Å². The third-order valence-corrected chi connectivity index (χ3v) is 9.31. The number of nitrogens with one attached hydrogen (secondary N) is 2. The van der Waals surface area contributed by atoms with Gasteiger partial charge in [0.25, 0.3) is 0 Å². The molecule has 0 aliphatic carbocycles. The van der Waals surface area contributed by atoms with Gasteiger partial charge in [-0.2, -0.15) is 0 Å². The summed E-state index contributed by atoms with van der Waals surface area (Å²) < 4.78 is 6.78. The van der Waals surface area contributed by atoms with Gasteiger partial charge in [-0.1, -0.05) is 26.8 Å². The molecule has 4 heterocycles. The zero-order valence-corrected chi connectivity index (χ0v) is 27.9. The molecule has 1 aliphatic heterocycles. The van der Waals surface area contributed by atoms with Crippen molar-refractivity contribution < 1.29 is 14.3 Å². The largest absolute Gasteiger partial charge is 0.444 e. The van der Waals surface area contributed by atoms with Crippen molar-refractivity contribution in [2.45, 2.75) is 79.4 Å². The van der Waals surface area contributed by atoms with Crippen LogP contribution in [0.5, 0.6) is 0 Å². The monoisotopic (exact) mass is 621 g/mol. The van der Waals surface area contributed by atoms with E-state index in [1.807, 2.05) is 53.7 Å². The van der Waals surface area contributed by atoms with Gasteiger partial charge in [-0.05, 0) is 88.0 Å². The molecule has 0 spiro atoms. The van der Waals surface area contributed by atoms with Crippen LogP contribution in [0, 0.1) is 0 Å². The number of carbonyl (C=O) groups excluding carboxylic acids is 2. The second-order valence-electron chi connectivity index (χ2n) is 11.2. The Labute approximate surface area is 262 Å². The van der Waals surface area contributed by atoms with Crippen LogP contribution >= 0.6 is 22.7 Å². The number of pyridine rings is 1. The number of amides is 2. The van der Waals surface area contributed by atoms with Crippen LogP contribution in [0.4, 0.5) is 9.80 Å². The first-order chi connectivity index (χ1) is 20.6. The lowest BCUT2D eigenvalue weighted by Crippen LogP contribution is -2.41. The predicted molar refractivity (Wildman–Crippen MR) is 179 cm³/mol. The molecule has 0 radical (unpaired) electrons.